The zero-order valence-electron chi connectivity index (χ0n) is 11.4. The first kappa shape index (κ1) is 13.4. The normalized spacial score (nSPS) is 18.2. The molecule has 0 N–H and O–H groups in total. The molecular formula is C14H26N4. The smallest absolute Gasteiger partial charge is 0.0851 e. The van der Waals surface area contributed by atoms with E-state index in [1.807, 2.05) is 12.7 Å². The van der Waals surface area contributed by atoms with Crippen molar-refractivity contribution in [3.8, 4) is 0 Å². The van der Waals surface area contributed by atoms with Gasteiger partial charge in [-0.3, -0.25) is 9.98 Å². The van der Waals surface area contributed by atoms with Gasteiger partial charge in [-0.25, -0.2) is 0 Å². The number of nitrogens with zero attached hydrogens (tertiary/aromatic N) is 4. The van der Waals surface area contributed by atoms with Crippen molar-refractivity contribution < 1.29 is 0 Å². The van der Waals surface area contributed by atoms with E-state index in [-0.39, 0.29) is 0 Å². The van der Waals surface area contributed by atoms with E-state index < -0.39 is 0 Å². The average molecular weight is 250 g/mol. The van der Waals surface area contributed by atoms with Crippen LogP contribution in [-0.2, 0) is 0 Å². The summed E-state index contributed by atoms with van der Waals surface area (Å²) in [6.07, 6.45) is 12.2. The van der Waals surface area contributed by atoms with Crippen LogP contribution in [0.3, 0.4) is 0 Å². The maximum Gasteiger partial charge on any atom is 0.0851 e. The Kier molecular flexibility index (Phi) is 6.03. The highest BCUT2D eigenvalue weighted by molar-refractivity contribution is 5.57. The molecule has 0 amide bonds. The third-order valence-corrected chi connectivity index (χ3v) is 3.66. The van der Waals surface area contributed by atoms with Crippen LogP contribution in [-0.4, -0.2) is 61.7 Å². The molecule has 18 heavy (non-hydrogen) atoms. The highest BCUT2D eigenvalue weighted by Crippen LogP contribution is 2.07. The first-order valence-corrected chi connectivity index (χ1v) is 7.43. The van der Waals surface area contributed by atoms with Crippen LogP contribution in [0.15, 0.2) is 9.98 Å². The summed E-state index contributed by atoms with van der Waals surface area (Å²) in [7, 11) is 0. The molecule has 0 spiro atoms. The number of unbranched alkanes of at least 4 members (excludes halogenated alkanes) is 5. The van der Waals surface area contributed by atoms with Gasteiger partial charge >= 0.3 is 0 Å². The molecular weight excluding hydrogens is 224 g/mol. The molecule has 0 aromatic carbocycles. The molecule has 0 aromatic heterocycles. The number of aliphatic imine (C=N–C) groups is 2. The van der Waals surface area contributed by atoms with Gasteiger partial charge in [0.1, 0.15) is 0 Å². The Balaban J connectivity index is 1.33. The van der Waals surface area contributed by atoms with Crippen LogP contribution in [0, 0.1) is 0 Å². The lowest BCUT2D eigenvalue weighted by Crippen LogP contribution is -2.20. The Morgan fingerprint density at radius 1 is 0.667 bits per heavy atom. The van der Waals surface area contributed by atoms with E-state index in [4.69, 9.17) is 0 Å². The summed E-state index contributed by atoms with van der Waals surface area (Å²) < 4.78 is 0. The predicted octanol–water partition coefficient (Wildman–Crippen LogP) is 2.01. The van der Waals surface area contributed by atoms with Gasteiger partial charge in [-0.15, -0.1) is 0 Å². The largest absolute Gasteiger partial charge is 0.361 e. The molecule has 0 unspecified atom stereocenters. The van der Waals surface area contributed by atoms with E-state index in [1.165, 1.54) is 51.6 Å². The van der Waals surface area contributed by atoms with Crippen LogP contribution >= 0.6 is 0 Å². The Bertz CT molecular complexity index is 247. The van der Waals surface area contributed by atoms with Crippen molar-refractivity contribution in [2.45, 2.75) is 38.5 Å². The molecule has 2 rings (SSSR count). The van der Waals surface area contributed by atoms with Gasteiger partial charge in [0.2, 0.25) is 0 Å². The molecule has 0 bridgehead atoms. The quantitative estimate of drug-likeness (QED) is 0.586. The van der Waals surface area contributed by atoms with Gasteiger partial charge in [-0.05, 0) is 12.8 Å². The highest BCUT2D eigenvalue weighted by Gasteiger charge is 2.05. The van der Waals surface area contributed by atoms with Crippen molar-refractivity contribution in [1.29, 1.82) is 0 Å². The lowest BCUT2D eigenvalue weighted by Gasteiger charge is -2.14. The minimum absolute atomic E-state index is 1.000. The third kappa shape index (κ3) is 5.07. The van der Waals surface area contributed by atoms with Crippen molar-refractivity contribution >= 4 is 12.7 Å². The molecule has 0 saturated heterocycles. The highest BCUT2D eigenvalue weighted by atomic mass is 15.2. The van der Waals surface area contributed by atoms with Crippen molar-refractivity contribution in [2.75, 3.05) is 39.3 Å². The molecule has 102 valence electrons. The summed E-state index contributed by atoms with van der Waals surface area (Å²) in [5, 5.41) is 0. The van der Waals surface area contributed by atoms with Gasteiger partial charge in [0.15, 0.2) is 0 Å². The molecule has 0 saturated carbocycles. The fourth-order valence-corrected chi connectivity index (χ4v) is 2.51. The zero-order chi connectivity index (χ0) is 12.5. The summed E-state index contributed by atoms with van der Waals surface area (Å²) in [4.78, 5) is 13.1. The molecule has 0 aromatic rings. The standard InChI is InChI=1S/C14H26N4/c1(3-5-9-17-11-7-15-13-17)2-4-6-10-18-12-8-16-14-18/h13-14H,1-12H2. The lowest BCUT2D eigenvalue weighted by atomic mass is 10.1. The average Bonchev–Trinajstić information content (AvgIpc) is 3.05. The van der Waals surface area contributed by atoms with Gasteiger partial charge in [0.05, 0.1) is 25.8 Å². The summed E-state index contributed by atoms with van der Waals surface area (Å²) in [6.45, 7) is 6.68. The molecule has 0 radical (unpaired) electrons. The van der Waals surface area contributed by atoms with Crippen molar-refractivity contribution in [3.63, 3.8) is 0 Å². The van der Waals surface area contributed by atoms with E-state index in [1.54, 1.807) is 0 Å². The monoisotopic (exact) mass is 250 g/mol. The second-order valence-electron chi connectivity index (χ2n) is 5.24. The van der Waals surface area contributed by atoms with E-state index in [9.17, 15) is 0 Å². The summed E-state index contributed by atoms with van der Waals surface area (Å²) >= 11 is 0. The molecule has 0 fully saturated rings. The maximum absolute atomic E-state index is 4.23. The Labute approximate surface area is 111 Å². The van der Waals surface area contributed by atoms with Crippen molar-refractivity contribution in [1.82, 2.24) is 9.80 Å². The van der Waals surface area contributed by atoms with E-state index in [2.05, 4.69) is 19.8 Å². The van der Waals surface area contributed by atoms with Gasteiger partial charge in [0, 0.05) is 26.2 Å². The predicted molar refractivity (Wildman–Crippen MR) is 77.6 cm³/mol. The van der Waals surface area contributed by atoms with Gasteiger partial charge < -0.3 is 9.80 Å². The third-order valence-electron chi connectivity index (χ3n) is 3.66. The minimum Gasteiger partial charge on any atom is -0.361 e. The Morgan fingerprint density at radius 2 is 1.11 bits per heavy atom. The number of hydrogen-bond donors (Lipinski definition) is 0. The molecule has 0 atom stereocenters. The first-order valence-electron chi connectivity index (χ1n) is 7.43. The van der Waals surface area contributed by atoms with Crippen LogP contribution < -0.4 is 0 Å². The van der Waals surface area contributed by atoms with Crippen LogP contribution in [0.25, 0.3) is 0 Å². The van der Waals surface area contributed by atoms with Crippen LogP contribution in [0.2, 0.25) is 0 Å². The number of rotatable bonds is 9. The van der Waals surface area contributed by atoms with Gasteiger partial charge in [-0.1, -0.05) is 25.7 Å². The fraction of sp³-hybridized carbons (Fsp3) is 0.857. The molecule has 2 heterocycles. The zero-order valence-corrected chi connectivity index (χ0v) is 11.4. The second-order valence-corrected chi connectivity index (χ2v) is 5.24. The van der Waals surface area contributed by atoms with Crippen molar-refractivity contribution in [2.24, 2.45) is 9.98 Å². The first-order chi connectivity index (χ1) is 8.95. The van der Waals surface area contributed by atoms with Crippen LogP contribution in [0.5, 0.6) is 0 Å². The lowest BCUT2D eigenvalue weighted by molar-refractivity contribution is 0.425. The van der Waals surface area contributed by atoms with E-state index in [0.29, 0.717) is 0 Å². The Hall–Kier alpha value is -1.06. The van der Waals surface area contributed by atoms with Crippen LogP contribution in [0.1, 0.15) is 38.5 Å². The maximum atomic E-state index is 4.23. The topological polar surface area (TPSA) is 31.2 Å². The van der Waals surface area contributed by atoms with Crippen LogP contribution in [0.4, 0.5) is 0 Å². The molecule has 4 heteroatoms. The van der Waals surface area contributed by atoms with Crippen molar-refractivity contribution in [3.05, 3.63) is 0 Å². The van der Waals surface area contributed by atoms with Gasteiger partial charge in [0.25, 0.3) is 0 Å². The fourth-order valence-electron chi connectivity index (χ4n) is 2.51. The number of hydrogen-bond acceptors (Lipinski definition) is 4. The second kappa shape index (κ2) is 8.11. The Morgan fingerprint density at radius 3 is 1.50 bits per heavy atom. The summed E-state index contributed by atoms with van der Waals surface area (Å²) in [6, 6.07) is 0. The molecule has 2 aliphatic rings. The SMILES string of the molecule is C1=NCCN1CCCCCCCCN1C=NCC1. The molecule has 2 aliphatic heterocycles. The molecule has 4 nitrogen and oxygen atoms in total. The van der Waals surface area contributed by atoms with Gasteiger partial charge in [-0.2, -0.15) is 0 Å². The van der Waals surface area contributed by atoms with E-state index >= 15 is 0 Å². The molecule has 0 aliphatic carbocycles. The minimum atomic E-state index is 1.000. The van der Waals surface area contributed by atoms with E-state index in [0.717, 1.165) is 26.2 Å². The summed E-state index contributed by atoms with van der Waals surface area (Å²) in [5.74, 6) is 0. The summed E-state index contributed by atoms with van der Waals surface area (Å²) in [5.41, 5.74) is 0.